The number of rotatable bonds is 3. The summed E-state index contributed by atoms with van der Waals surface area (Å²) in [4.78, 5) is 23.9. The second kappa shape index (κ2) is 8.05. The molecule has 0 saturated carbocycles. The second-order valence-corrected chi connectivity index (χ2v) is 8.25. The fraction of sp³-hybridized carbons (Fsp3) is 0.261. The van der Waals surface area contributed by atoms with Crippen molar-refractivity contribution in [3.05, 3.63) is 69.5 Å². The van der Waals surface area contributed by atoms with E-state index in [1.54, 1.807) is 18.3 Å². The minimum Gasteiger partial charge on any atom is -0.382 e. The van der Waals surface area contributed by atoms with E-state index in [1.165, 1.54) is 16.7 Å². The zero-order chi connectivity index (χ0) is 21.4. The molecule has 1 aliphatic rings. The van der Waals surface area contributed by atoms with E-state index in [9.17, 15) is 4.79 Å². The third-order valence-electron chi connectivity index (χ3n) is 5.43. The van der Waals surface area contributed by atoms with Gasteiger partial charge in [-0.05, 0) is 73.8 Å². The van der Waals surface area contributed by atoms with Gasteiger partial charge in [-0.3, -0.25) is 4.79 Å². The van der Waals surface area contributed by atoms with Crippen molar-refractivity contribution in [2.75, 3.05) is 24.6 Å². The Morgan fingerprint density at radius 2 is 2.03 bits per heavy atom. The van der Waals surface area contributed by atoms with Crippen molar-refractivity contribution in [3.8, 4) is 11.3 Å². The number of fused-ring (bicyclic) bond motifs is 1. The Kier molecular flexibility index (Phi) is 5.45. The van der Waals surface area contributed by atoms with Crippen LogP contribution in [0.15, 0.2) is 36.5 Å². The highest BCUT2D eigenvalue weighted by Gasteiger charge is 2.19. The number of aromatic nitrogens is 2. The van der Waals surface area contributed by atoms with Gasteiger partial charge in [0.1, 0.15) is 0 Å². The maximum Gasteiger partial charge on any atom is 0.278 e. The molecule has 4 rings (SSSR count). The van der Waals surface area contributed by atoms with Crippen LogP contribution in [0.2, 0.25) is 5.02 Å². The predicted octanol–water partition coefficient (Wildman–Crippen LogP) is 4.24. The van der Waals surface area contributed by atoms with E-state index in [2.05, 4.69) is 46.3 Å². The zero-order valence-electron chi connectivity index (χ0n) is 17.3. The quantitative estimate of drug-likeness (QED) is 0.660. The maximum absolute atomic E-state index is 12.8. The topological polar surface area (TPSA) is 84.1 Å². The monoisotopic (exact) mass is 421 g/mol. The summed E-state index contributed by atoms with van der Waals surface area (Å²) in [5.74, 6) is -0.365. The Morgan fingerprint density at radius 1 is 1.23 bits per heavy atom. The Balaban J connectivity index is 1.67. The summed E-state index contributed by atoms with van der Waals surface area (Å²) in [6.07, 6.45) is 2.65. The summed E-state index contributed by atoms with van der Waals surface area (Å²) in [5.41, 5.74) is 13.0. The summed E-state index contributed by atoms with van der Waals surface area (Å²) in [6.45, 7) is 6.00. The first-order valence-electron chi connectivity index (χ1n) is 9.83. The summed E-state index contributed by atoms with van der Waals surface area (Å²) >= 11 is 6.24. The van der Waals surface area contributed by atoms with Crippen LogP contribution in [0, 0.1) is 13.8 Å². The standard InChI is InChI=1S/C23H24ClN5O/c1-13-4-5-19(18(24)8-13)28-23(30)21-22(25)26-11-20(27-21)15-9-14(2)17-6-7-29(3)12-16(17)10-15/h4-5,8-11H,6-7,12H2,1-3H3,(H2,25,26)(H,28,30). The van der Waals surface area contributed by atoms with Gasteiger partial charge in [0.15, 0.2) is 11.5 Å². The number of nitrogens with one attached hydrogen (secondary N) is 1. The average molecular weight is 422 g/mol. The summed E-state index contributed by atoms with van der Waals surface area (Å²) in [6, 6.07) is 9.65. The molecule has 30 heavy (non-hydrogen) atoms. The number of aryl methyl sites for hydroxylation is 2. The van der Waals surface area contributed by atoms with E-state index in [-0.39, 0.29) is 11.5 Å². The number of anilines is 2. The minimum atomic E-state index is -0.443. The van der Waals surface area contributed by atoms with Crippen LogP contribution >= 0.6 is 11.6 Å². The molecule has 0 bridgehead atoms. The smallest absolute Gasteiger partial charge is 0.278 e. The third-order valence-corrected chi connectivity index (χ3v) is 5.75. The number of carbonyl (C=O) groups is 1. The number of hydrogen-bond donors (Lipinski definition) is 2. The maximum atomic E-state index is 12.8. The number of carbonyl (C=O) groups excluding carboxylic acids is 1. The normalized spacial score (nSPS) is 13.7. The van der Waals surface area contributed by atoms with Crippen molar-refractivity contribution in [2.45, 2.75) is 26.8 Å². The van der Waals surface area contributed by atoms with E-state index >= 15 is 0 Å². The number of nitrogen functional groups attached to an aromatic ring is 1. The number of amides is 1. The number of likely N-dealkylation sites (N-methyl/N-ethyl adjacent to an activating group) is 1. The SMILES string of the molecule is Cc1ccc(NC(=O)c2nc(-c3cc(C)c4c(c3)CN(C)CC4)cnc2N)c(Cl)c1. The Bertz CT molecular complexity index is 1140. The molecule has 0 fully saturated rings. The van der Waals surface area contributed by atoms with Crippen LogP contribution in [0.1, 0.15) is 32.7 Å². The van der Waals surface area contributed by atoms with Gasteiger partial charge in [0.05, 0.1) is 22.6 Å². The Hall–Kier alpha value is -2.96. The molecule has 1 amide bonds. The van der Waals surface area contributed by atoms with Gasteiger partial charge in [0, 0.05) is 18.7 Å². The highest BCUT2D eigenvalue weighted by atomic mass is 35.5. The van der Waals surface area contributed by atoms with Crippen LogP contribution < -0.4 is 11.1 Å². The van der Waals surface area contributed by atoms with Gasteiger partial charge in [0.2, 0.25) is 0 Å². The summed E-state index contributed by atoms with van der Waals surface area (Å²) in [5, 5.41) is 3.24. The van der Waals surface area contributed by atoms with Crippen LogP contribution in [0.5, 0.6) is 0 Å². The molecule has 0 saturated heterocycles. The second-order valence-electron chi connectivity index (χ2n) is 7.85. The highest BCUT2D eigenvalue weighted by molar-refractivity contribution is 6.34. The van der Waals surface area contributed by atoms with Gasteiger partial charge >= 0.3 is 0 Å². The first kappa shape index (κ1) is 20.3. The number of benzene rings is 2. The molecule has 0 spiro atoms. The van der Waals surface area contributed by atoms with E-state index in [0.717, 1.165) is 30.6 Å². The molecule has 1 aliphatic heterocycles. The van der Waals surface area contributed by atoms with E-state index in [4.69, 9.17) is 17.3 Å². The van der Waals surface area contributed by atoms with Crippen molar-refractivity contribution in [2.24, 2.45) is 0 Å². The first-order chi connectivity index (χ1) is 14.3. The molecule has 3 N–H and O–H groups in total. The van der Waals surface area contributed by atoms with Crippen LogP contribution in [0.25, 0.3) is 11.3 Å². The molecule has 3 aromatic rings. The van der Waals surface area contributed by atoms with Crippen molar-refractivity contribution < 1.29 is 4.79 Å². The molecule has 2 aromatic carbocycles. The van der Waals surface area contributed by atoms with Gasteiger partial charge in [-0.25, -0.2) is 9.97 Å². The molecule has 0 unspecified atom stereocenters. The number of nitrogens with zero attached hydrogens (tertiary/aromatic N) is 3. The van der Waals surface area contributed by atoms with Gasteiger partial charge in [0.25, 0.3) is 5.91 Å². The molecule has 0 atom stereocenters. The van der Waals surface area contributed by atoms with Gasteiger partial charge < -0.3 is 16.0 Å². The molecule has 154 valence electrons. The lowest BCUT2D eigenvalue weighted by atomic mass is 9.92. The lowest BCUT2D eigenvalue weighted by Crippen LogP contribution is -2.27. The van der Waals surface area contributed by atoms with Crippen molar-refractivity contribution in [1.82, 2.24) is 14.9 Å². The molecular weight excluding hydrogens is 398 g/mol. The van der Waals surface area contributed by atoms with Gasteiger partial charge in [-0.15, -0.1) is 0 Å². The highest BCUT2D eigenvalue weighted by Crippen LogP contribution is 2.29. The van der Waals surface area contributed by atoms with Crippen molar-refractivity contribution >= 4 is 29.0 Å². The average Bonchev–Trinajstić information content (AvgIpc) is 2.70. The fourth-order valence-electron chi connectivity index (χ4n) is 3.82. The Labute approximate surface area is 181 Å². The minimum absolute atomic E-state index is 0.0777. The molecule has 2 heterocycles. The van der Waals surface area contributed by atoms with Gasteiger partial charge in [-0.2, -0.15) is 0 Å². The van der Waals surface area contributed by atoms with Crippen LogP contribution in [0.3, 0.4) is 0 Å². The molecule has 6 nitrogen and oxygen atoms in total. The molecular formula is C23H24ClN5O. The number of nitrogens with two attached hydrogens (primary N) is 1. The lowest BCUT2D eigenvalue weighted by Gasteiger charge is -2.27. The van der Waals surface area contributed by atoms with E-state index in [0.29, 0.717) is 16.4 Å². The molecule has 0 radical (unpaired) electrons. The Morgan fingerprint density at radius 3 is 2.80 bits per heavy atom. The summed E-state index contributed by atoms with van der Waals surface area (Å²) in [7, 11) is 2.12. The fourth-order valence-corrected chi connectivity index (χ4v) is 4.10. The third kappa shape index (κ3) is 4.01. The van der Waals surface area contributed by atoms with Crippen LogP contribution in [0.4, 0.5) is 11.5 Å². The predicted molar refractivity (Wildman–Crippen MR) is 121 cm³/mol. The number of hydrogen-bond acceptors (Lipinski definition) is 5. The molecule has 1 aromatic heterocycles. The van der Waals surface area contributed by atoms with Gasteiger partial charge in [-0.1, -0.05) is 17.7 Å². The van der Waals surface area contributed by atoms with Crippen LogP contribution in [-0.4, -0.2) is 34.4 Å². The van der Waals surface area contributed by atoms with Crippen molar-refractivity contribution in [3.63, 3.8) is 0 Å². The van der Waals surface area contributed by atoms with E-state index in [1.807, 2.05) is 13.0 Å². The zero-order valence-corrected chi connectivity index (χ0v) is 18.0. The van der Waals surface area contributed by atoms with Crippen molar-refractivity contribution in [1.29, 1.82) is 0 Å². The number of halogens is 1. The summed E-state index contributed by atoms with van der Waals surface area (Å²) < 4.78 is 0. The van der Waals surface area contributed by atoms with Crippen LogP contribution in [-0.2, 0) is 13.0 Å². The first-order valence-corrected chi connectivity index (χ1v) is 10.2. The molecule has 7 heteroatoms. The van der Waals surface area contributed by atoms with E-state index < -0.39 is 5.91 Å². The molecule has 0 aliphatic carbocycles. The largest absolute Gasteiger partial charge is 0.382 e. The lowest BCUT2D eigenvalue weighted by molar-refractivity contribution is 0.102.